The molecule has 6 aromatic rings. The molecule has 0 spiro atoms. The summed E-state index contributed by atoms with van der Waals surface area (Å²) in [4.78, 5) is -0.173. The second kappa shape index (κ2) is 19.7. The van der Waals surface area contributed by atoms with Crippen molar-refractivity contribution in [2.75, 3.05) is 14.2 Å². The van der Waals surface area contributed by atoms with E-state index in [-0.39, 0.29) is 50.0 Å². The van der Waals surface area contributed by atoms with Gasteiger partial charge in [-0.2, -0.15) is 5.11 Å². The Hall–Kier alpha value is -5.09. The fraction of sp³-hybridized carbons (Fsp3) is 0.111. The smallest absolute Gasteiger partial charge is 0.238 e. The molecule has 0 amide bonds. The Bertz CT molecular complexity index is 2310. The number of rotatable bonds is 6. The van der Waals surface area contributed by atoms with Crippen molar-refractivity contribution in [3.63, 3.8) is 0 Å². The minimum absolute atomic E-state index is 0. The van der Waals surface area contributed by atoms with Crippen molar-refractivity contribution < 1.29 is 54.6 Å². The normalized spacial score (nSPS) is 11.2. The van der Waals surface area contributed by atoms with Crippen LogP contribution in [0.15, 0.2) is 139 Å². The van der Waals surface area contributed by atoms with Crippen molar-refractivity contribution >= 4 is 64.3 Å². The van der Waals surface area contributed by atoms with Crippen LogP contribution < -0.4 is 10.3 Å². The van der Waals surface area contributed by atoms with Crippen molar-refractivity contribution in [3.05, 3.63) is 120 Å². The number of phenolic OH excluding ortho intramolecular Hbond substituents is 2. The van der Waals surface area contributed by atoms with Crippen LogP contribution in [-0.2, 0) is 37.4 Å². The molecule has 6 aromatic carbocycles. The number of sulfonamides is 2. The molecule has 8 N–H and O–H groups in total. The van der Waals surface area contributed by atoms with Gasteiger partial charge < -0.3 is 20.4 Å². The maximum atomic E-state index is 11.5. The molecule has 14 nitrogen and oxygen atoms in total. The number of phenols is 2. The first-order valence-electron chi connectivity index (χ1n) is 15.1. The molecule has 53 heavy (non-hydrogen) atoms. The van der Waals surface area contributed by atoms with Crippen LogP contribution in [0, 0.1) is 13.8 Å². The number of aliphatic hydroxyl groups excluding tert-OH is 2. The van der Waals surface area contributed by atoms with Crippen LogP contribution in [0.2, 0.25) is 0 Å². The summed E-state index contributed by atoms with van der Waals surface area (Å²) in [6.07, 6.45) is 0. The molecular weight excluding hydrogens is 761 g/mol. The number of aromatic hydroxyl groups is 2. The third kappa shape index (κ3) is 11.4. The van der Waals surface area contributed by atoms with E-state index in [0.29, 0.717) is 11.1 Å². The van der Waals surface area contributed by atoms with Gasteiger partial charge in [0.1, 0.15) is 22.9 Å². The molecule has 0 aliphatic carbocycles. The zero-order chi connectivity index (χ0) is 38.6. The number of azo groups is 2. The molecule has 0 radical (unpaired) electrons. The Labute approximate surface area is 318 Å². The van der Waals surface area contributed by atoms with Crippen LogP contribution in [0.3, 0.4) is 0 Å². The second-order valence-corrected chi connectivity index (χ2v) is 13.8. The summed E-state index contributed by atoms with van der Waals surface area (Å²) in [5.74, 6) is -0.342. The predicted octanol–water partition coefficient (Wildman–Crippen LogP) is 7.05. The Morgan fingerprint density at radius 3 is 1.47 bits per heavy atom. The molecular formula is C36H38CrN6O8S2. The van der Waals surface area contributed by atoms with Gasteiger partial charge >= 0.3 is 0 Å². The van der Waals surface area contributed by atoms with Gasteiger partial charge in [0.2, 0.25) is 20.0 Å². The summed E-state index contributed by atoms with van der Waals surface area (Å²) in [6.45, 7) is 3.81. The standard InChI is InChI=1S/C18H17N3O2S.C16H13N3O4S.2CH4O.Cr/c1-12-8-10-15(24(19,22)23)11-17(12)20-21-18-13(2)7-9-14-5-3-4-6-16(14)18;17-24(22,23)11-6-8-14(20)13(9-11)18-19-16-12-4-2-1-3-10(12)5-7-15(16)21;2*1-2;/h3-11H,1-2H3,(H2,19,22,23);1-9,20-21H,(H2,17,22,23);2*2H,1H3;. The molecule has 0 saturated heterocycles. The molecule has 0 aromatic heterocycles. The molecule has 0 aliphatic heterocycles. The molecule has 0 saturated carbocycles. The van der Waals surface area contributed by atoms with Crippen LogP contribution in [0.4, 0.5) is 22.7 Å². The molecule has 0 bridgehead atoms. The quantitative estimate of drug-likeness (QED) is 0.0950. The topological polar surface area (TPSA) is 251 Å². The van der Waals surface area contributed by atoms with E-state index in [9.17, 15) is 27.0 Å². The van der Waals surface area contributed by atoms with Gasteiger partial charge in [-0.15, -0.1) is 15.3 Å². The van der Waals surface area contributed by atoms with E-state index in [1.165, 1.54) is 24.3 Å². The third-order valence-electron chi connectivity index (χ3n) is 7.28. The molecule has 0 fully saturated rings. The van der Waals surface area contributed by atoms with Crippen molar-refractivity contribution in [3.8, 4) is 11.5 Å². The van der Waals surface area contributed by atoms with Crippen molar-refractivity contribution in [2.45, 2.75) is 23.6 Å². The molecule has 17 heteroatoms. The minimum atomic E-state index is -3.93. The summed E-state index contributed by atoms with van der Waals surface area (Å²) in [5.41, 5.74) is 3.21. The molecule has 0 atom stereocenters. The fourth-order valence-corrected chi connectivity index (χ4v) is 5.75. The van der Waals surface area contributed by atoms with Crippen LogP contribution in [0.5, 0.6) is 11.5 Å². The summed E-state index contributed by atoms with van der Waals surface area (Å²) in [5, 5.41) is 64.1. The number of nitrogens with two attached hydrogens (primary N) is 2. The third-order valence-corrected chi connectivity index (χ3v) is 9.10. The van der Waals surface area contributed by atoms with Crippen LogP contribution >= 0.6 is 0 Å². The Morgan fingerprint density at radius 1 is 0.491 bits per heavy atom. The van der Waals surface area contributed by atoms with Gasteiger partial charge in [-0.05, 0) is 72.1 Å². The van der Waals surface area contributed by atoms with E-state index >= 15 is 0 Å². The molecule has 278 valence electrons. The largest absolute Gasteiger partial charge is 0.506 e. The number of primary sulfonamides is 2. The fourth-order valence-electron chi connectivity index (χ4n) is 4.69. The van der Waals surface area contributed by atoms with Gasteiger partial charge in [-0.25, -0.2) is 27.1 Å². The summed E-state index contributed by atoms with van der Waals surface area (Å²) in [6, 6.07) is 30.5. The van der Waals surface area contributed by atoms with Gasteiger partial charge in [-0.1, -0.05) is 72.8 Å². The summed E-state index contributed by atoms with van der Waals surface area (Å²) in [7, 11) is -5.70. The van der Waals surface area contributed by atoms with Crippen molar-refractivity contribution in [1.29, 1.82) is 0 Å². The van der Waals surface area contributed by atoms with E-state index in [4.69, 9.17) is 20.5 Å². The monoisotopic (exact) mass is 798 g/mol. The number of aryl methyl sites for hydroxylation is 2. The Balaban J connectivity index is 0.000000330. The van der Waals surface area contributed by atoms with Crippen LogP contribution in [0.25, 0.3) is 21.5 Å². The first-order chi connectivity index (χ1) is 24.7. The number of hydrogen-bond donors (Lipinski definition) is 6. The first kappa shape index (κ1) is 44.1. The predicted molar refractivity (Wildman–Crippen MR) is 201 cm³/mol. The SMILES string of the molecule is CO.CO.Cc1ccc(S(N)(=O)=O)cc1N=Nc1c(C)ccc2ccccc12.NS(=O)(=O)c1ccc(O)c(N=Nc2c(O)ccc3ccccc23)c1.[Cr]. The zero-order valence-corrected chi connectivity index (χ0v) is 31.9. The zero-order valence-electron chi connectivity index (χ0n) is 29.0. The Kier molecular flexibility index (Phi) is 16.4. The van der Waals surface area contributed by atoms with E-state index in [1.807, 2.05) is 62.4 Å². The number of hydrogen-bond acceptors (Lipinski definition) is 12. The number of aliphatic hydroxyl groups is 2. The van der Waals surface area contributed by atoms with Crippen LogP contribution in [-0.4, -0.2) is 51.5 Å². The first-order valence-corrected chi connectivity index (χ1v) is 18.2. The van der Waals surface area contributed by atoms with Gasteiger partial charge in [0.25, 0.3) is 0 Å². The van der Waals surface area contributed by atoms with E-state index in [2.05, 4.69) is 20.5 Å². The maximum absolute atomic E-state index is 11.5. The van der Waals surface area contributed by atoms with E-state index in [1.54, 1.807) is 24.3 Å². The second-order valence-electron chi connectivity index (χ2n) is 10.7. The average Bonchev–Trinajstić information content (AvgIpc) is 3.13. The molecule has 6 rings (SSSR count). The van der Waals surface area contributed by atoms with Gasteiger partial charge in [0.05, 0.1) is 21.2 Å². The number of benzene rings is 6. The summed E-state index contributed by atoms with van der Waals surface area (Å²) < 4.78 is 45.8. The van der Waals surface area contributed by atoms with Gasteiger partial charge in [0, 0.05) is 42.4 Å². The van der Waals surface area contributed by atoms with Crippen LogP contribution in [0.1, 0.15) is 11.1 Å². The number of nitrogens with zero attached hydrogens (tertiary/aromatic N) is 4. The Morgan fingerprint density at radius 2 is 0.906 bits per heavy atom. The maximum Gasteiger partial charge on any atom is 0.238 e. The molecule has 0 heterocycles. The van der Waals surface area contributed by atoms with Crippen molar-refractivity contribution in [1.82, 2.24) is 0 Å². The van der Waals surface area contributed by atoms with Gasteiger partial charge in [-0.3, -0.25) is 0 Å². The van der Waals surface area contributed by atoms with E-state index in [0.717, 1.165) is 59.3 Å². The molecule has 0 aliphatic rings. The van der Waals surface area contributed by atoms with Crippen molar-refractivity contribution in [2.24, 2.45) is 30.7 Å². The average molecular weight is 799 g/mol. The van der Waals surface area contributed by atoms with Gasteiger partial charge in [0.15, 0.2) is 0 Å². The van der Waals surface area contributed by atoms with E-state index < -0.39 is 20.0 Å². The minimum Gasteiger partial charge on any atom is -0.506 e. The number of fused-ring (bicyclic) bond motifs is 2. The summed E-state index contributed by atoms with van der Waals surface area (Å²) >= 11 is 0. The molecule has 0 unspecified atom stereocenters.